The van der Waals surface area contributed by atoms with Gasteiger partial charge in [-0.15, -0.1) is 11.3 Å². The van der Waals surface area contributed by atoms with Crippen molar-refractivity contribution in [3.63, 3.8) is 0 Å². The standard InChI is InChI=1S/C19H13FN4O2S/c1-12-2-4-13(5-3-12)17-11-27-19(23-17)14(9-21)10-22-16-7-6-15(20)8-18(16)24(25)26/h2-8,10-11,22H,1H3. The molecule has 2 aromatic carbocycles. The van der Waals surface area contributed by atoms with Crippen LogP contribution in [0.15, 0.2) is 54.0 Å². The lowest BCUT2D eigenvalue weighted by atomic mass is 10.1. The van der Waals surface area contributed by atoms with E-state index < -0.39 is 16.4 Å². The quantitative estimate of drug-likeness (QED) is 0.376. The topological polar surface area (TPSA) is 91.8 Å². The number of nitrogens with zero attached hydrogens (tertiary/aromatic N) is 3. The fraction of sp³-hybridized carbons (Fsp3) is 0.0526. The summed E-state index contributed by atoms with van der Waals surface area (Å²) in [6.07, 6.45) is 1.33. The van der Waals surface area contributed by atoms with Crippen molar-refractivity contribution in [3.8, 4) is 17.3 Å². The van der Waals surface area contributed by atoms with Gasteiger partial charge in [-0.1, -0.05) is 29.8 Å². The van der Waals surface area contributed by atoms with E-state index in [0.29, 0.717) is 5.01 Å². The van der Waals surface area contributed by atoms with E-state index in [2.05, 4.69) is 10.3 Å². The highest BCUT2D eigenvalue weighted by Gasteiger charge is 2.15. The van der Waals surface area contributed by atoms with Gasteiger partial charge in [-0.3, -0.25) is 10.1 Å². The van der Waals surface area contributed by atoms with Crippen molar-refractivity contribution in [3.05, 3.63) is 80.5 Å². The van der Waals surface area contributed by atoms with E-state index in [1.54, 1.807) is 0 Å². The Morgan fingerprint density at radius 3 is 2.74 bits per heavy atom. The summed E-state index contributed by atoms with van der Waals surface area (Å²) in [5.74, 6) is -0.709. The number of rotatable bonds is 5. The van der Waals surface area contributed by atoms with Crippen LogP contribution in [0.4, 0.5) is 15.8 Å². The van der Waals surface area contributed by atoms with Gasteiger partial charge in [0.15, 0.2) is 0 Å². The van der Waals surface area contributed by atoms with Crippen LogP contribution in [0.3, 0.4) is 0 Å². The molecule has 0 atom stereocenters. The summed E-state index contributed by atoms with van der Waals surface area (Å²) in [6, 6.07) is 13.1. The Hall–Kier alpha value is -3.57. The number of nitro groups is 1. The van der Waals surface area contributed by atoms with Gasteiger partial charge in [-0.2, -0.15) is 5.26 Å². The Morgan fingerprint density at radius 1 is 1.33 bits per heavy atom. The second-order valence-electron chi connectivity index (χ2n) is 5.64. The first-order valence-corrected chi connectivity index (χ1v) is 8.69. The Kier molecular flexibility index (Phi) is 5.24. The van der Waals surface area contributed by atoms with Crippen LogP contribution in [-0.2, 0) is 0 Å². The molecule has 1 heterocycles. The lowest BCUT2D eigenvalue weighted by Crippen LogP contribution is -1.97. The normalized spacial score (nSPS) is 11.1. The molecule has 27 heavy (non-hydrogen) atoms. The van der Waals surface area contributed by atoms with Gasteiger partial charge in [-0.05, 0) is 19.1 Å². The third-order valence-corrected chi connectivity index (χ3v) is 4.61. The lowest BCUT2D eigenvalue weighted by Gasteiger charge is -2.03. The molecule has 0 aliphatic rings. The number of hydrogen-bond acceptors (Lipinski definition) is 6. The van der Waals surface area contributed by atoms with Crippen LogP contribution in [0.25, 0.3) is 16.8 Å². The Balaban J connectivity index is 1.87. The number of thiazole rings is 1. The molecule has 1 N–H and O–H groups in total. The van der Waals surface area contributed by atoms with Crippen LogP contribution < -0.4 is 5.32 Å². The predicted molar refractivity (Wildman–Crippen MR) is 103 cm³/mol. The van der Waals surface area contributed by atoms with Crippen LogP contribution >= 0.6 is 11.3 Å². The van der Waals surface area contributed by atoms with E-state index in [4.69, 9.17) is 0 Å². The van der Waals surface area contributed by atoms with Gasteiger partial charge >= 0.3 is 0 Å². The van der Waals surface area contributed by atoms with Crippen molar-refractivity contribution in [1.29, 1.82) is 5.26 Å². The molecule has 0 spiro atoms. The molecule has 0 amide bonds. The fourth-order valence-corrected chi connectivity index (χ4v) is 3.12. The van der Waals surface area contributed by atoms with Gasteiger partial charge in [0, 0.05) is 17.1 Å². The minimum atomic E-state index is -0.709. The minimum absolute atomic E-state index is 0.0875. The largest absolute Gasteiger partial charge is 0.355 e. The third kappa shape index (κ3) is 4.16. The number of halogens is 1. The van der Waals surface area contributed by atoms with Gasteiger partial charge in [0.2, 0.25) is 0 Å². The maximum Gasteiger partial charge on any atom is 0.295 e. The van der Waals surface area contributed by atoms with E-state index in [9.17, 15) is 19.8 Å². The molecule has 6 nitrogen and oxygen atoms in total. The van der Waals surface area contributed by atoms with Crippen molar-refractivity contribution in [1.82, 2.24) is 4.98 Å². The summed E-state index contributed by atoms with van der Waals surface area (Å²) >= 11 is 1.29. The van der Waals surface area contributed by atoms with E-state index >= 15 is 0 Å². The summed E-state index contributed by atoms with van der Waals surface area (Å²) in [5.41, 5.74) is 2.70. The molecule has 1 aromatic heterocycles. The number of anilines is 1. The molecule has 0 aliphatic carbocycles. The first-order valence-electron chi connectivity index (χ1n) is 7.81. The summed E-state index contributed by atoms with van der Waals surface area (Å²) in [4.78, 5) is 14.8. The molecule has 0 radical (unpaired) electrons. The van der Waals surface area contributed by atoms with Gasteiger partial charge in [0.1, 0.15) is 28.2 Å². The molecular formula is C19H13FN4O2S. The van der Waals surface area contributed by atoms with Gasteiger partial charge < -0.3 is 5.32 Å². The zero-order valence-corrected chi connectivity index (χ0v) is 15.0. The number of allylic oxidation sites excluding steroid dienone is 1. The molecule has 3 aromatic rings. The Morgan fingerprint density at radius 2 is 2.07 bits per heavy atom. The van der Waals surface area contributed by atoms with Gasteiger partial charge in [0.25, 0.3) is 5.69 Å². The highest BCUT2D eigenvalue weighted by molar-refractivity contribution is 7.11. The van der Waals surface area contributed by atoms with Crippen LogP contribution in [-0.4, -0.2) is 9.91 Å². The summed E-state index contributed by atoms with van der Waals surface area (Å²) in [5, 5.41) is 25.5. The molecule has 0 bridgehead atoms. The predicted octanol–water partition coefficient (Wildman–Crippen LogP) is 5.14. The lowest BCUT2D eigenvalue weighted by molar-refractivity contribution is -0.384. The molecule has 8 heteroatoms. The van der Waals surface area contributed by atoms with Crippen molar-refractivity contribution in [2.75, 3.05) is 5.32 Å². The number of aryl methyl sites for hydroxylation is 1. The number of nitrogens with one attached hydrogen (secondary N) is 1. The van der Waals surface area contributed by atoms with Crippen molar-refractivity contribution < 1.29 is 9.31 Å². The van der Waals surface area contributed by atoms with E-state index in [-0.39, 0.29) is 11.3 Å². The van der Waals surface area contributed by atoms with Gasteiger partial charge in [-0.25, -0.2) is 9.37 Å². The molecule has 0 fully saturated rings. The molecule has 0 aliphatic heterocycles. The summed E-state index contributed by atoms with van der Waals surface area (Å²) in [7, 11) is 0. The molecule has 3 rings (SSSR count). The maximum absolute atomic E-state index is 13.2. The van der Waals surface area contributed by atoms with Crippen LogP contribution in [0.5, 0.6) is 0 Å². The van der Waals surface area contributed by atoms with Crippen LogP contribution in [0, 0.1) is 34.2 Å². The van der Waals surface area contributed by atoms with Crippen LogP contribution in [0.1, 0.15) is 10.6 Å². The molecule has 134 valence electrons. The Bertz CT molecular complexity index is 1070. The molecule has 0 unspecified atom stereocenters. The number of aromatic nitrogens is 1. The van der Waals surface area contributed by atoms with Crippen molar-refractivity contribution in [2.24, 2.45) is 0 Å². The first-order chi connectivity index (χ1) is 13.0. The fourth-order valence-electron chi connectivity index (χ4n) is 2.32. The monoisotopic (exact) mass is 380 g/mol. The summed E-state index contributed by atoms with van der Waals surface area (Å²) in [6.45, 7) is 1.99. The van der Waals surface area contributed by atoms with E-state index in [1.165, 1.54) is 23.6 Å². The number of benzene rings is 2. The van der Waals surface area contributed by atoms with Crippen molar-refractivity contribution in [2.45, 2.75) is 6.92 Å². The molecule has 0 saturated heterocycles. The maximum atomic E-state index is 13.2. The van der Waals surface area contributed by atoms with Gasteiger partial charge in [0.05, 0.1) is 16.7 Å². The van der Waals surface area contributed by atoms with Crippen LogP contribution in [0.2, 0.25) is 0 Å². The SMILES string of the molecule is Cc1ccc(-c2csc(C(C#N)=CNc3ccc(F)cc3[N+](=O)[O-])n2)cc1. The number of hydrogen-bond donors (Lipinski definition) is 1. The second kappa shape index (κ2) is 7.76. The molecular weight excluding hydrogens is 367 g/mol. The average molecular weight is 380 g/mol. The highest BCUT2D eigenvalue weighted by Crippen LogP contribution is 2.28. The van der Waals surface area contributed by atoms with E-state index in [0.717, 1.165) is 29.0 Å². The number of nitriles is 1. The zero-order chi connectivity index (χ0) is 19.4. The van der Waals surface area contributed by atoms with E-state index in [1.807, 2.05) is 42.6 Å². The first kappa shape index (κ1) is 18.2. The molecule has 0 saturated carbocycles. The smallest absolute Gasteiger partial charge is 0.295 e. The summed E-state index contributed by atoms with van der Waals surface area (Å²) < 4.78 is 13.2. The Labute approximate surface area is 158 Å². The third-order valence-electron chi connectivity index (χ3n) is 3.73. The minimum Gasteiger partial charge on any atom is -0.355 e. The second-order valence-corrected chi connectivity index (χ2v) is 6.49. The number of nitro benzene ring substituents is 1. The van der Waals surface area contributed by atoms with Crippen molar-refractivity contribution >= 4 is 28.3 Å². The average Bonchev–Trinajstić information content (AvgIpc) is 3.13. The zero-order valence-electron chi connectivity index (χ0n) is 14.1. The highest BCUT2D eigenvalue weighted by atomic mass is 32.1.